The predicted molar refractivity (Wildman–Crippen MR) is 101 cm³/mol. The van der Waals surface area contributed by atoms with Gasteiger partial charge in [0.15, 0.2) is 11.5 Å². The van der Waals surface area contributed by atoms with E-state index < -0.39 is 0 Å². The standard InChI is InChI=1S/C21H22N2O3/c1-15-5-4-6-17(11-15)12-18(14-22)21(24)23-10-9-16-7-8-19(25-2)20(13-16)26-3/h4-8,11-13H,9-10H2,1-3H3,(H,23,24)/b18-12+. The molecular weight excluding hydrogens is 328 g/mol. The lowest BCUT2D eigenvalue weighted by Gasteiger charge is -2.10. The fourth-order valence-electron chi connectivity index (χ4n) is 2.53. The zero-order valence-corrected chi connectivity index (χ0v) is 15.2. The molecule has 0 fully saturated rings. The van der Waals surface area contributed by atoms with E-state index in [2.05, 4.69) is 5.32 Å². The zero-order valence-electron chi connectivity index (χ0n) is 15.2. The van der Waals surface area contributed by atoms with Gasteiger partial charge in [0.2, 0.25) is 0 Å². The van der Waals surface area contributed by atoms with Gasteiger partial charge in [-0.05, 0) is 42.7 Å². The van der Waals surface area contributed by atoms with Gasteiger partial charge in [-0.25, -0.2) is 0 Å². The topological polar surface area (TPSA) is 71.3 Å². The number of nitriles is 1. The highest BCUT2D eigenvalue weighted by molar-refractivity contribution is 6.01. The summed E-state index contributed by atoms with van der Waals surface area (Å²) >= 11 is 0. The van der Waals surface area contributed by atoms with Gasteiger partial charge in [-0.1, -0.05) is 35.9 Å². The number of aryl methyl sites for hydroxylation is 1. The Morgan fingerprint density at radius 3 is 2.58 bits per heavy atom. The van der Waals surface area contributed by atoms with Crippen LogP contribution in [0, 0.1) is 18.3 Å². The molecule has 0 aromatic heterocycles. The van der Waals surface area contributed by atoms with Crippen LogP contribution in [0.25, 0.3) is 6.08 Å². The van der Waals surface area contributed by atoms with Crippen LogP contribution in [0.3, 0.4) is 0 Å². The molecular formula is C21H22N2O3. The highest BCUT2D eigenvalue weighted by Gasteiger charge is 2.09. The fraction of sp³-hybridized carbons (Fsp3) is 0.238. The number of rotatable bonds is 7. The molecule has 5 heteroatoms. The lowest BCUT2D eigenvalue weighted by molar-refractivity contribution is -0.117. The van der Waals surface area contributed by atoms with Gasteiger partial charge >= 0.3 is 0 Å². The molecule has 0 saturated carbocycles. The molecule has 0 spiro atoms. The second-order valence-electron chi connectivity index (χ2n) is 5.78. The van der Waals surface area contributed by atoms with Crippen molar-refractivity contribution in [1.29, 1.82) is 5.26 Å². The highest BCUT2D eigenvalue weighted by Crippen LogP contribution is 2.27. The molecule has 26 heavy (non-hydrogen) atoms. The third-order valence-electron chi connectivity index (χ3n) is 3.87. The molecule has 2 aromatic carbocycles. The smallest absolute Gasteiger partial charge is 0.261 e. The Hall–Kier alpha value is -3.26. The fourth-order valence-corrected chi connectivity index (χ4v) is 2.53. The Morgan fingerprint density at radius 2 is 1.92 bits per heavy atom. The minimum Gasteiger partial charge on any atom is -0.493 e. The number of ether oxygens (including phenoxy) is 2. The molecule has 0 atom stereocenters. The van der Waals surface area contributed by atoms with E-state index in [1.165, 1.54) is 0 Å². The molecule has 5 nitrogen and oxygen atoms in total. The Morgan fingerprint density at radius 1 is 1.15 bits per heavy atom. The minimum absolute atomic E-state index is 0.0860. The van der Waals surface area contributed by atoms with Crippen LogP contribution in [0.15, 0.2) is 48.0 Å². The molecule has 0 saturated heterocycles. The van der Waals surface area contributed by atoms with Gasteiger partial charge in [0.1, 0.15) is 11.6 Å². The first-order valence-corrected chi connectivity index (χ1v) is 8.25. The number of carbonyl (C=O) groups excluding carboxylic acids is 1. The Kier molecular flexibility index (Phi) is 6.81. The molecule has 0 aliphatic rings. The molecule has 0 unspecified atom stereocenters. The molecule has 0 heterocycles. The van der Waals surface area contributed by atoms with Crippen molar-refractivity contribution in [2.45, 2.75) is 13.3 Å². The van der Waals surface area contributed by atoms with Crippen LogP contribution >= 0.6 is 0 Å². The van der Waals surface area contributed by atoms with Crippen LogP contribution < -0.4 is 14.8 Å². The van der Waals surface area contributed by atoms with Gasteiger partial charge in [0.05, 0.1) is 14.2 Å². The summed E-state index contributed by atoms with van der Waals surface area (Å²) in [6.45, 7) is 2.38. The molecule has 0 radical (unpaired) electrons. The summed E-state index contributed by atoms with van der Waals surface area (Å²) in [4.78, 5) is 12.2. The molecule has 134 valence electrons. The van der Waals surface area contributed by atoms with Crippen LogP contribution in [-0.4, -0.2) is 26.7 Å². The van der Waals surface area contributed by atoms with Crippen LogP contribution in [0.2, 0.25) is 0 Å². The Balaban J connectivity index is 1.98. The van der Waals surface area contributed by atoms with E-state index in [1.54, 1.807) is 20.3 Å². The van der Waals surface area contributed by atoms with E-state index in [0.29, 0.717) is 24.5 Å². The van der Waals surface area contributed by atoms with E-state index in [1.807, 2.05) is 55.5 Å². The van der Waals surface area contributed by atoms with Gasteiger partial charge < -0.3 is 14.8 Å². The lowest BCUT2D eigenvalue weighted by atomic mass is 10.1. The number of hydrogen-bond acceptors (Lipinski definition) is 4. The molecule has 1 amide bonds. The molecule has 0 bridgehead atoms. The Bertz CT molecular complexity index is 851. The summed E-state index contributed by atoms with van der Waals surface area (Å²) in [5, 5.41) is 12.0. The minimum atomic E-state index is -0.380. The first kappa shape index (κ1) is 19.1. The van der Waals surface area contributed by atoms with Crippen molar-refractivity contribution in [2.24, 2.45) is 0 Å². The summed E-state index contributed by atoms with van der Waals surface area (Å²) in [7, 11) is 3.17. The maximum absolute atomic E-state index is 12.2. The average molecular weight is 350 g/mol. The largest absolute Gasteiger partial charge is 0.493 e. The van der Waals surface area contributed by atoms with E-state index >= 15 is 0 Å². The van der Waals surface area contributed by atoms with Crippen molar-refractivity contribution in [2.75, 3.05) is 20.8 Å². The van der Waals surface area contributed by atoms with Crippen molar-refractivity contribution < 1.29 is 14.3 Å². The SMILES string of the molecule is COc1ccc(CCNC(=O)/C(C#N)=C/c2cccc(C)c2)cc1OC. The molecule has 1 N–H and O–H groups in total. The third kappa shape index (κ3) is 5.12. The van der Waals surface area contributed by atoms with Gasteiger partial charge in [-0.2, -0.15) is 5.26 Å². The van der Waals surface area contributed by atoms with Gasteiger partial charge in [-0.3, -0.25) is 4.79 Å². The van der Waals surface area contributed by atoms with Crippen LogP contribution in [-0.2, 0) is 11.2 Å². The number of benzene rings is 2. The molecule has 0 aliphatic heterocycles. The first-order valence-electron chi connectivity index (χ1n) is 8.25. The second kappa shape index (κ2) is 9.28. The maximum Gasteiger partial charge on any atom is 0.261 e. The number of methoxy groups -OCH3 is 2. The number of nitrogens with zero attached hydrogens (tertiary/aromatic N) is 1. The van der Waals surface area contributed by atoms with E-state index in [9.17, 15) is 10.1 Å². The predicted octanol–water partition coefficient (Wildman–Crippen LogP) is 3.28. The van der Waals surface area contributed by atoms with Gasteiger partial charge in [-0.15, -0.1) is 0 Å². The maximum atomic E-state index is 12.2. The van der Waals surface area contributed by atoms with Crippen LogP contribution in [0.5, 0.6) is 11.5 Å². The van der Waals surface area contributed by atoms with Crippen molar-refractivity contribution in [3.05, 3.63) is 64.7 Å². The van der Waals surface area contributed by atoms with Crippen LogP contribution in [0.4, 0.5) is 0 Å². The summed E-state index contributed by atoms with van der Waals surface area (Å²) < 4.78 is 10.5. The third-order valence-corrected chi connectivity index (χ3v) is 3.87. The summed E-state index contributed by atoms with van der Waals surface area (Å²) in [5.74, 6) is 0.927. The van der Waals surface area contributed by atoms with E-state index in [4.69, 9.17) is 9.47 Å². The average Bonchev–Trinajstić information content (AvgIpc) is 2.65. The summed E-state index contributed by atoms with van der Waals surface area (Å²) in [5.41, 5.74) is 2.99. The molecule has 0 aliphatic carbocycles. The van der Waals surface area contributed by atoms with Gasteiger partial charge in [0, 0.05) is 6.54 Å². The quantitative estimate of drug-likeness (QED) is 0.614. The van der Waals surface area contributed by atoms with Crippen molar-refractivity contribution in [3.63, 3.8) is 0 Å². The lowest BCUT2D eigenvalue weighted by Crippen LogP contribution is -2.26. The monoisotopic (exact) mass is 350 g/mol. The molecule has 2 aromatic rings. The van der Waals surface area contributed by atoms with Crippen molar-refractivity contribution in [3.8, 4) is 17.6 Å². The summed E-state index contributed by atoms with van der Waals surface area (Å²) in [6, 6.07) is 15.2. The Labute approximate surface area is 153 Å². The van der Waals surface area contributed by atoms with Crippen molar-refractivity contribution in [1.82, 2.24) is 5.32 Å². The normalized spacial score (nSPS) is 10.8. The summed E-state index contributed by atoms with van der Waals surface area (Å²) in [6.07, 6.45) is 2.22. The highest BCUT2D eigenvalue weighted by atomic mass is 16.5. The van der Waals surface area contributed by atoms with Crippen LogP contribution in [0.1, 0.15) is 16.7 Å². The zero-order chi connectivity index (χ0) is 18.9. The number of amides is 1. The number of carbonyl (C=O) groups is 1. The van der Waals surface area contributed by atoms with Crippen molar-refractivity contribution >= 4 is 12.0 Å². The van der Waals surface area contributed by atoms with E-state index in [-0.39, 0.29) is 11.5 Å². The second-order valence-corrected chi connectivity index (χ2v) is 5.78. The number of hydrogen-bond donors (Lipinski definition) is 1. The number of nitrogens with one attached hydrogen (secondary N) is 1. The first-order chi connectivity index (χ1) is 12.6. The molecule has 2 rings (SSSR count). The van der Waals surface area contributed by atoms with Gasteiger partial charge in [0.25, 0.3) is 5.91 Å². The van der Waals surface area contributed by atoms with E-state index in [0.717, 1.165) is 16.7 Å².